The summed E-state index contributed by atoms with van der Waals surface area (Å²) < 4.78 is 5.15. The summed E-state index contributed by atoms with van der Waals surface area (Å²) in [4.78, 5) is 13.8. The van der Waals surface area contributed by atoms with E-state index in [2.05, 4.69) is 10.2 Å². The third-order valence-electron chi connectivity index (χ3n) is 3.61. The smallest absolute Gasteiger partial charge is 0.237 e. The van der Waals surface area contributed by atoms with Crippen LogP contribution in [0.15, 0.2) is 24.3 Å². The molecule has 5 heteroatoms. The van der Waals surface area contributed by atoms with E-state index in [1.165, 1.54) is 0 Å². The summed E-state index contributed by atoms with van der Waals surface area (Å²) in [6.45, 7) is 6.60. The van der Waals surface area contributed by atoms with Crippen molar-refractivity contribution in [3.63, 3.8) is 0 Å². The van der Waals surface area contributed by atoms with Crippen LogP contribution < -0.4 is 20.7 Å². The van der Waals surface area contributed by atoms with Crippen molar-refractivity contribution in [1.29, 1.82) is 0 Å². The van der Waals surface area contributed by atoms with E-state index < -0.39 is 5.54 Å². The topological polar surface area (TPSA) is 67.6 Å². The van der Waals surface area contributed by atoms with Gasteiger partial charge >= 0.3 is 0 Å². The van der Waals surface area contributed by atoms with Crippen molar-refractivity contribution in [2.45, 2.75) is 38.8 Å². The van der Waals surface area contributed by atoms with E-state index in [0.717, 1.165) is 18.0 Å². The molecule has 118 valence electrons. The lowest BCUT2D eigenvalue weighted by molar-refractivity contribution is -0.124. The lowest BCUT2D eigenvalue weighted by Gasteiger charge is -2.32. The Morgan fingerprint density at radius 3 is 2.38 bits per heavy atom. The Kier molecular flexibility index (Phi) is 6.03. The average Bonchev–Trinajstić information content (AvgIpc) is 2.44. The number of hydrogen-bond donors (Lipinski definition) is 2. The molecule has 21 heavy (non-hydrogen) atoms. The molecule has 0 heterocycles. The molecule has 0 fully saturated rings. The van der Waals surface area contributed by atoms with E-state index in [9.17, 15) is 4.79 Å². The van der Waals surface area contributed by atoms with Gasteiger partial charge in [-0.2, -0.15) is 0 Å². The van der Waals surface area contributed by atoms with Gasteiger partial charge in [-0.05, 0) is 51.5 Å². The molecule has 1 aromatic carbocycles. The Hall–Kier alpha value is -1.75. The van der Waals surface area contributed by atoms with Gasteiger partial charge in [-0.1, -0.05) is 0 Å². The van der Waals surface area contributed by atoms with Crippen LogP contribution in [0.4, 0.5) is 5.69 Å². The summed E-state index contributed by atoms with van der Waals surface area (Å²) >= 11 is 0. The zero-order valence-electron chi connectivity index (χ0n) is 13.6. The summed E-state index contributed by atoms with van der Waals surface area (Å²) in [5, 5.41) is 3.26. The molecule has 1 amide bonds. The largest absolute Gasteiger partial charge is 0.497 e. The second-order valence-corrected chi connectivity index (χ2v) is 5.86. The van der Waals surface area contributed by atoms with Gasteiger partial charge in [0.05, 0.1) is 12.6 Å². The van der Waals surface area contributed by atoms with Crippen molar-refractivity contribution in [2.75, 3.05) is 25.6 Å². The van der Waals surface area contributed by atoms with Crippen molar-refractivity contribution < 1.29 is 9.53 Å². The van der Waals surface area contributed by atoms with Gasteiger partial charge in [0.2, 0.25) is 5.91 Å². The van der Waals surface area contributed by atoms with Gasteiger partial charge in [-0.15, -0.1) is 0 Å². The van der Waals surface area contributed by atoms with Crippen LogP contribution in [0.3, 0.4) is 0 Å². The normalized spacial score (nSPS) is 13.8. The Morgan fingerprint density at radius 2 is 1.95 bits per heavy atom. The van der Waals surface area contributed by atoms with Gasteiger partial charge in [-0.3, -0.25) is 4.79 Å². The van der Waals surface area contributed by atoms with Crippen LogP contribution in [0.5, 0.6) is 5.75 Å². The highest BCUT2D eigenvalue weighted by molar-refractivity contribution is 5.84. The minimum Gasteiger partial charge on any atom is -0.497 e. The number of carbonyl (C=O) groups is 1. The minimum absolute atomic E-state index is 0.203. The van der Waals surface area contributed by atoms with Crippen molar-refractivity contribution in [3.8, 4) is 5.75 Å². The average molecular weight is 293 g/mol. The number of carbonyl (C=O) groups excluding carboxylic acids is 1. The van der Waals surface area contributed by atoms with E-state index in [1.807, 2.05) is 52.1 Å². The summed E-state index contributed by atoms with van der Waals surface area (Å²) in [6.07, 6.45) is 0.642. The molecule has 1 rings (SSSR count). The number of methoxy groups -OCH3 is 1. The van der Waals surface area contributed by atoms with Crippen molar-refractivity contribution in [3.05, 3.63) is 24.3 Å². The Bertz CT molecular complexity index is 459. The number of amides is 1. The van der Waals surface area contributed by atoms with Crippen LogP contribution in [0.25, 0.3) is 0 Å². The predicted octanol–water partition coefficient (Wildman–Crippen LogP) is 1.76. The molecule has 5 nitrogen and oxygen atoms in total. The fourth-order valence-electron chi connectivity index (χ4n) is 2.26. The standard InChI is InChI=1S/C16H27N3O2/c1-12(2)18-16(3,15(17)20)10-11-19(4)13-6-8-14(21-5)9-7-13/h6-9,12,18H,10-11H2,1-5H3,(H2,17,20). The zero-order valence-corrected chi connectivity index (χ0v) is 13.6. The van der Waals surface area contributed by atoms with Crippen LogP contribution >= 0.6 is 0 Å². The van der Waals surface area contributed by atoms with Crippen LogP contribution in [0.2, 0.25) is 0 Å². The number of nitrogens with one attached hydrogen (secondary N) is 1. The molecule has 0 radical (unpaired) electrons. The SMILES string of the molecule is COc1ccc(N(C)CCC(C)(NC(C)C)C(N)=O)cc1. The maximum absolute atomic E-state index is 11.7. The first-order chi connectivity index (χ1) is 9.78. The van der Waals surface area contributed by atoms with Gasteiger partial charge in [0.25, 0.3) is 0 Å². The molecule has 1 unspecified atom stereocenters. The monoisotopic (exact) mass is 293 g/mol. The van der Waals surface area contributed by atoms with E-state index in [1.54, 1.807) is 7.11 Å². The summed E-state index contributed by atoms with van der Waals surface area (Å²) in [5.41, 5.74) is 5.92. The second kappa shape index (κ2) is 7.31. The molecular weight excluding hydrogens is 266 g/mol. The number of ether oxygens (including phenoxy) is 1. The van der Waals surface area contributed by atoms with Gasteiger partial charge in [-0.25, -0.2) is 0 Å². The third-order valence-corrected chi connectivity index (χ3v) is 3.61. The number of anilines is 1. The van der Waals surface area contributed by atoms with Crippen molar-refractivity contribution in [1.82, 2.24) is 5.32 Å². The highest BCUT2D eigenvalue weighted by Crippen LogP contribution is 2.20. The highest BCUT2D eigenvalue weighted by atomic mass is 16.5. The number of nitrogens with zero attached hydrogens (tertiary/aromatic N) is 1. The number of hydrogen-bond acceptors (Lipinski definition) is 4. The zero-order chi connectivity index (χ0) is 16.0. The molecule has 0 saturated carbocycles. The maximum Gasteiger partial charge on any atom is 0.237 e. The van der Waals surface area contributed by atoms with E-state index >= 15 is 0 Å². The molecule has 1 aromatic rings. The number of rotatable bonds is 8. The predicted molar refractivity (Wildman–Crippen MR) is 86.8 cm³/mol. The Balaban J connectivity index is 2.68. The summed E-state index contributed by atoms with van der Waals surface area (Å²) in [5.74, 6) is 0.509. The first kappa shape index (κ1) is 17.3. The maximum atomic E-state index is 11.7. The molecule has 0 aliphatic carbocycles. The molecular formula is C16H27N3O2. The first-order valence-electron chi connectivity index (χ1n) is 7.21. The van der Waals surface area contributed by atoms with Crippen molar-refractivity contribution in [2.24, 2.45) is 5.73 Å². The lowest BCUT2D eigenvalue weighted by Crippen LogP contribution is -2.56. The minimum atomic E-state index is -0.700. The molecule has 3 N–H and O–H groups in total. The second-order valence-electron chi connectivity index (χ2n) is 5.86. The van der Waals surface area contributed by atoms with Gasteiger partial charge in [0.1, 0.15) is 5.75 Å². The number of benzene rings is 1. The van der Waals surface area contributed by atoms with Gasteiger partial charge < -0.3 is 20.7 Å². The van der Waals surface area contributed by atoms with Crippen LogP contribution in [0, 0.1) is 0 Å². The summed E-state index contributed by atoms with van der Waals surface area (Å²) in [7, 11) is 3.65. The summed E-state index contributed by atoms with van der Waals surface area (Å²) in [6, 6.07) is 8.04. The third kappa shape index (κ3) is 4.93. The van der Waals surface area contributed by atoms with Gasteiger partial charge in [0, 0.05) is 25.3 Å². The Labute approximate surface area is 127 Å². The van der Waals surface area contributed by atoms with E-state index in [0.29, 0.717) is 6.42 Å². The number of primary amides is 1. The Morgan fingerprint density at radius 1 is 1.38 bits per heavy atom. The molecule has 0 bridgehead atoms. The fourth-order valence-corrected chi connectivity index (χ4v) is 2.26. The first-order valence-corrected chi connectivity index (χ1v) is 7.21. The highest BCUT2D eigenvalue weighted by Gasteiger charge is 2.31. The molecule has 0 saturated heterocycles. The van der Waals surface area contributed by atoms with Crippen molar-refractivity contribution >= 4 is 11.6 Å². The van der Waals surface area contributed by atoms with Crippen LogP contribution in [-0.4, -0.2) is 38.2 Å². The molecule has 0 aliphatic heterocycles. The quantitative estimate of drug-likeness (QED) is 0.766. The van der Waals surface area contributed by atoms with E-state index in [-0.39, 0.29) is 11.9 Å². The molecule has 0 aliphatic rings. The molecule has 0 aromatic heterocycles. The molecule has 0 spiro atoms. The van der Waals surface area contributed by atoms with Crippen LogP contribution in [-0.2, 0) is 4.79 Å². The van der Waals surface area contributed by atoms with Gasteiger partial charge in [0.15, 0.2) is 0 Å². The molecule has 1 atom stereocenters. The lowest BCUT2D eigenvalue weighted by atomic mass is 9.95. The van der Waals surface area contributed by atoms with Crippen LogP contribution in [0.1, 0.15) is 27.2 Å². The van der Waals surface area contributed by atoms with E-state index in [4.69, 9.17) is 10.5 Å². The fraction of sp³-hybridized carbons (Fsp3) is 0.562. The number of nitrogens with two attached hydrogens (primary N) is 1.